The Kier molecular flexibility index (Phi) is 3.89. The highest BCUT2D eigenvalue weighted by molar-refractivity contribution is 9.09. The second-order valence-electron chi connectivity index (χ2n) is 5.00. The van der Waals surface area contributed by atoms with Crippen LogP contribution in [0.5, 0.6) is 0 Å². The molecule has 14 heavy (non-hydrogen) atoms. The Morgan fingerprint density at radius 3 is 2.50 bits per heavy atom. The van der Waals surface area contributed by atoms with Gasteiger partial charge in [-0.3, -0.25) is 0 Å². The van der Waals surface area contributed by atoms with Gasteiger partial charge in [0, 0.05) is 18.0 Å². The van der Waals surface area contributed by atoms with Crippen LogP contribution in [-0.4, -0.2) is 18.0 Å². The molecule has 0 aromatic heterocycles. The standard InChI is InChI=1S/C12H21BrO/c1-9-2-3-11(13)8-12(9)10-4-6-14-7-5-10/h9-12H,2-8H2,1H3. The van der Waals surface area contributed by atoms with Crippen LogP contribution in [0.2, 0.25) is 0 Å². The quantitative estimate of drug-likeness (QED) is 0.655. The molecular formula is C12H21BrO. The lowest BCUT2D eigenvalue weighted by molar-refractivity contribution is 0.0272. The van der Waals surface area contributed by atoms with Gasteiger partial charge < -0.3 is 4.74 Å². The molecule has 0 radical (unpaired) electrons. The van der Waals surface area contributed by atoms with Crippen LogP contribution in [0.15, 0.2) is 0 Å². The molecule has 1 nitrogen and oxygen atoms in total. The van der Waals surface area contributed by atoms with Gasteiger partial charge in [0.2, 0.25) is 0 Å². The van der Waals surface area contributed by atoms with Crippen molar-refractivity contribution in [3.8, 4) is 0 Å². The Labute approximate surface area is 95.7 Å². The Hall–Kier alpha value is 0.440. The van der Waals surface area contributed by atoms with Crippen LogP contribution < -0.4 is 0 Å². The van der Waals surface area contributed by atoms with Crippen molar-refractivity contribution < 1.29 is 4.74 Å². The molecule has 0 aromatic carbocycles. The van der Waals surface area contributed by atoms with Gasteiger partial charge in [-0.1, -0.05) is 22.9 Å². The summed E-state index contributed by atoms with van der Waals surface area (Å²) < 4.78 is 5.44. The Bertz CT molecular complexity index is 177. The SMILES string of the molecule is CC1CCC(Br)CC1C1CCOCC1. The van der Waals surface area contributed by atoms with E-state index in [4.69, 9.17) is 4.74 Å². The summed E-state index contributed by atoms with van der Waals surface area (Å²) in [6.45, 7) is 4.45. The molecule has 82 valence electrons. The fraction of sp³-hybridized carbons (Fsp3) is 1.00. The van der Waals surface area contributed by atoms with Crippen molar-refractivity contribution in [3.63, 3.8) is 0 Å². The molecule has 0 bridgehead atoms. The average Bonchev–Trinajstić information content (AvgIpc) is 2.23. The molecule has 1 aliphatic carbocycles. The maximum atomic E-state index is 5.44. The minimum atomic E-state index is 0.784. The second-order valence-corrected chi connectivity index (χ2v) is 6.30. The highest BCUT2D eigenvalue weighted by Gasteiger charge is 2.33. The molecule has 0 amide bonds. The lowest BCUT2D eigenvalue weighted by Crippen LogP contribution is -2.32. The topological polar surface area (TPSA) is 9.23 Å². The highest BCUT2D eigenvalue weighted by Crippen LogP contribution is 2.41. The minimum Gasteiger partial charge on any atom is -0.381 e. The van der Waals surface area contributed by atoms with E-state index in [0.717, 1.165) is 35.8 Å². The van der Waals surface area contributed by atoms with Crippen molar-refractivity contribution in [2.75, 3.05) is 13.2 Å². The number of halogens is 1. The van der Waals surface area contributed by atoms with Crippen LogP contribution in [0.25, 0.3) is 0 Å². The van der Waals surface area contributed by atoms with E-state index in [2.05, 4.69) is 22.9 Å². The van der Waals surface area contributed by atoms with Gasteiger partial charge in [0.15, 0.2) is 0 Å². The lowest BCUT2D eigenvalue weighted by atomic mass is 9.71. The maximum absolute atomic E-state index is 5.44. The van der Waals surface area contributed by atoms with Crippen LogP contribution in [-0.2, 0) is 4.74 Å². The Morgan fingerprint density at radius 2 is 1.79 bits per heavy atom. The van der Waals surface area contributed by atoms with Gasteiger partial charge in [-0.25, -0.2) is 0 Å². The summed E-state index contributed by atoms with van der Waals surface area (Å²) in [6, 6.07) is 0. The summed E-state index contributed by atoms with van der Waals surface area (Å²) in [4.78, 5) is 0.784. The van der Waals surface area contributed by atoms with E-state index in [1.54, 1.807) is 0 Å². The largest absolute Gasteiger partial charge is 0.381 e. The van der Waals surface area contributed by atoms with Gasteiger partial charge in [-0.15, -0.1) is 0 Å². The van der Waals surface area contributed by atoms with E-state index in [0.29, 0.717) is 0 Å². The molecule has 0 N–H and O–H groups in total. The van der Waals surface area contributed by atoms with Crippen molar-refractivity contribution in [2.45, 2.75) is 43.9 Å². The molecule has 1 aliphatic heterocycles. The zero-order chi connectivity index (χ0) is 9.97. The van der Waals surface area contributed by atoms with E-state index < -0.39 is 0 Å². The molecule has 2 aliphatic rings. The Balaban J connectivity index is 1.92. The zero-order valence-electron chi connectivity index (χ0n) is 9.05. The number of ether oxygens (including phenoxy) is 1. The molecular weight excluding hydrogens is 240 g/mol. The second kappa shape index (κ2) is 4.98. The highest BCUT2D eigenvalue weighted by atomic mass is 79.9. The summed E-state index contributed by atoms with van der Waals surface area (Å²) >= 11 is 3.79. The first-order valence-corrected chi connectivity index (χ1v) is 6.90. The van der Waals surface area contributed by atoms with E-state index in [-0.39, 0.29) is 0 Å². The third kappa shape index (κ3) is 2.52. The van der Waals surface area contributed by atoms with E-state index in [1.807, 2.05) is 0 Å². The summed E-state index contributed by atoms with van der Waals surface area (Å²) in [5, 5.41) is 0. The van der Waals surface area contributed by atoms with Gasteiger partial charge in [-0.05, 0) is 49.9 Å². The first-order chi connectivity index (χ1) is 6.77. The lowest BCUT2D eigenvalue weighted by Gasteiger charge is -2.39. The molecule has 2 fully saturated rings. The van der Waals surface area contributed by atoms with Crippen LogP contribution >= 0.6 is 15.9 Å². The smallest absolute Gasteiger partial charge is 0.0468 e. The molecule has 3 atom stereocenters. The van der Waals surface area contributed by atoms with E-state index in [1.165, 1.54) is 32.1 Å². The molecule has 1 heterocycles. The molecule has 2 rings (SSSR count). The van der Waals surface area contributed by atoms with Crippen LogP contribution in [0.3, 0.4) is 0 Å². The maximum Gasteiger partial charge on any atom is 0.0468 e. The number of alkyl halides is 1. The van der Waals surface area contributed by atoms with E-state index >= 15 is 0 Å². The molecule has 1 saturated carbocycles. The van der Waals surface area contributed by atoms with Gasteiger partial charge in [0.05, 0.1) is 0 Å². The van der Waals surface area contributed by atoms with Gasteiger partial charge >= 0.3 is 0 Å². The molecule has 3 unspecified atom stereocenters. The van der Waals surface area contributed by atoms with Crippen LogP contribution in [0.4, 0.5) is 0 Å². The van der Waals surface area contributed by atoms with Crippen molar-refractivity contribution in [2.24, 2.45) is 17.8 Å². The molecule has 2 heteroatoms. The predicted molar refractivity (Wildman–Crippen MR) is 62.8 cm³/mol. The normalized spacial score (nSPS) is 41.1. The number of rotatable bonds is 1. The van der Waals surface area contributed by atoms with Crippen LogP contribution in [0.1, 0.15) is 39.0 Å². The first kappa shape index (κ1) is 10.9. The Morgan fingerprint density at radius 1 is 1.07 bits per heavy atom. The van der Waals surface area contributed by atoms with Crippen molar-refractivity contribution >= 4 is 15.9 Å². The summed E-state index contributed by atoms with van der Waals surface area (Å²) in [5.74, 6) is 2.84. The zero-order valence-corrected chi connectivity index (χ0v) is 10.6. The summed E-state index contributed by atoms with van der Waals surface area (Å²) in [6.07, 6.45) is 6.79. The van der Waals surface area contributed by atoms with Crippen LogP contribution in [0, 0.1) is 17.8 Å². The number of hydrogen-bond acceptors (Lipinski definition) is 1. The van der Waals surface area contributed by atoms with Gasteiger partial charge in [0.25, 0.3) is 0 Å². The fourth-order valence-corrected chi connectivity index (χ4v) is 3.80. The monoisotopic (exact) mass is 260 g/mol. The van der Waals surface area contributed by atoms with E-state index in [9.17, 15) is 0 Å². The number of hydrogen-bond donors (Lipinski definition) is 0. The van der Waals surface area contributed by atoms with Crippen molar-refractivity contribution in [1.82, 2.24) is 0 Å². The average molecular weight is 261 g/mol. The third-order valence-electron chi connectivity index (χ3n) is 4.07. The van der Waals surface area contributed by atoms with Gasteiger partial charge in [0.1, 0.15) is 0 Å². The summed E-state index contributed by atoms with van der Waals surface area (Å²) in [5.41, 5.74) is 0. The third-order valence-corrected chi connectivity index (χ3v) is 4.90. The molecule has 0 aromatic rings. The molecule has 0 spiro atoms. The first-order valence-electron chi connectivity index (χ1n) is 5.99. The van der Waals surface area contributed by atoms with Crippen molar-refractivity contribution in [1.29, 1.82) is 0 Å². The predicted octanol–water partition coefficient (Wildman–Crippen LogP) is 3.61. The fourth-order valence-electron chi connectivity index (χ4n) is 3.10. The minimum absolute atomic E-state index is 0.784. The van der Waals surface area contributed by atoms with Gasteiger partial charge in [-0.2, -0.15) is 0 Å². The van der Waals surface area contributed by atoms with Crippen molar-refractivity contribution in [3.05, 3.63) is 0 Å². The summed E-state index contributed by atoms with van der Waals surface area (Å²) in [7, 11) is 0. The molecule has 1 saturated heterocycles.